The number of hydrogen-bond acceptors (Lipinski definition) is 4. The van der Waals surface area contributed by atoms with E-state index in [0.29, 0.717) is 18.5 Å². The molecule has 0 aromatic heterocycles. The zero-order chi connectivity index (χ0) is 16.6. The maximum Gasteiger partial charge on any atom is 0.407 e. The Labute approximate surface area is 135 Å². The third-order valence-corrected chi connectivity index (χ3v) is 3.57. The van der Waals surface area contributed by atoms with Gasteiger partial charge >= 0.3 is 6.09 Å². The van der Waals surface area contributed by atoms with Crippen molar-refractivity contribution >= 4 is 6.09 Å². The van der Waals surface area contributed by atoms with Crippen molar-refractivity contribution in [1.82, 2.24) is 10.6 Å². The zero-order valence-corrected chi connectivity index (χ0v) is 14.9. The number of hydrogen-bond donors (Lipinski definition) is 2. The molecule has 0 aromatic rings. The molecule has 130 valence electrons. The average molecular weight is 314 g/mol. The normalized spacial score (nSPS) is 21.3. The van der Waals surface area contributed by atoms with Crippen LogP contribution in [0.25, 0.3) is 0 Å². The fourth-order valence-corrected chi connectivity index (χ4v) is 2.70. The smallest absolute Gasteiger partial charge is 0.407 e. The highest BCUT2D eigenvalue weighted by molar-refractivity contribution is 5.67. The SMILES string of the molecule is CC(C)CC(CNC(=O)OC(C)(C)C)NC1CCCOCC1. The van der Waals surface area contributed by atoms with Crippen molar-refractivity contribution in [3.05, 3.63) is 0 Å². The van der Waals surface area contributed by atoms with Crippen LogP contribution in [0.5, 0.6) is 0 Å². The standard InChI is InChI=1S/C17H34N2O3/c1-13(2)11-15(12-18-16(20)22-17(3,4)5)19-14-7-6-9-21-10-8-14/h13-15,19H,6-12H2,1-5H3,(H,18,20). The molecule has 1 aliphatic heterocycles. The Morgan fingerprint density at radius 3 is 2.64 bits per heavy atom. The number of rotatable bonds is 6. The molecule has 1 heterocycles. The van der Waals surface area contributed by atoms with Crippen LogP contribution >= 0.6 is 0 Å². The fourth-order valence-electron chi connectivity index (χ4n) is 2.70. The molecule has 1 amide bonds. The molecule has 2 unspecified atom stereocenters. The highest BCUT2D eigenvalue weighted by Gasteiger charge is 2.21. The van der Waals surface area contributed by atoms with Crippen LogP contribution < -0.4 is 10.6 Å². The minimum absolute atomic E-state index is 0.274. The first-order chi connectivity index (χ1) is 10.3. The number of ether oxygens (including phenoxy) is 2. The van der Waals surface area contributed by atoms with Gasteiger partial charge in [-0.25, -0.2) is 4.79 Å². The van der Waals surface area contributed by atoms with Crippen molar-refractivity contribution in [3.8, 4) is 0 Å². The molecule has 2 atom stereocenters. The number of nitrogens with one attached hydrogen (secondary N) is 2. The molecule has 0 radical (unpaired) electrons. The van der Waals surface area contributed by atoms with Gasteiger partial charge in [-0.15, -0.1) is 0 Å². The summed E-state index contributed by atoms with van der Waals surface area (Å²) in [5, 5.41) is 6.59. The lowest BCUT2D eigenvalue weighted by Crippen LogP contribution is -2.47. The van der Waals surface area contributed by atoms with E-state index >= 15 is 0 Å². The van der Waals surface area contributed by atoms with Crippen LogP contribution in [0.15, 0.2) is 0 Å². The van der Waals surface area contributed by atoms with Gasteiger partial charge in [0.15, 0.2) is 0 Å². The summed E-state index contributed by atoms with van der Waals surface area (Å²) < 4.78 is 10.8. The van der Waals surface area contributed by atoms with Gasteiger partial charge in [-0.1, -0.05) is 13.8 Å². The maximum absolute atomic E-state index is 11.8. The largest absolute Gasteiger partial charge is 0.444 e. The van der Waals surface area contributed by atoms with E-state index in [1.165, 1.54) is 0 Å². The summed E-state index contributed by atoms with van der Waals surface area (Å²) in [5.74, 6) is 0.583. The van der Waals surface area contributed by atoms with Gasteiger partial charge in [0.2, 0.25) is 0 Å². The Morgan fingerprint density at radius 2 is 2.00 bits per heavy atom. The first-order valence-corrected chi connectivity index (χ1v) is 8.57. The maximum atomic E-state index is 11.8. The first-order valence-electron chi connectivity index (χ1n) is 8.57. The van der Waals surface area contributed by atoms with Crippen LogP contribution in [0.2, 0.25) is 0 Å². The van der Waals surface area contributed by atoms with Crippen LogP contribution in [0, 0.1) is 5.92 Å². The first kappa shape index (κ1) is 19.2. The Morgan fingerprint density at radius 1 is 1.27 bits per heavy atom. The van der Waals surface area contributed by atoms with Crippen molar-refractivity contribution in [2.45, 2.75) is 78.0 Å². The third-order valence-electron chi connectivity index (χ3n) is 3.57. The number of amides is 1. The van der Waals surface area contributed by atoms with E-state index in [0.717, 1.165) is 38.9 Å². The highest BCUT2D eigenvalue weighted by atomic mass is 16.6. The molecular formula is C17H34N2O3. The summed E-state index contributed by atoms with van der Waals surface area (Å²) in [6, 6.07) is 0.752. The molecule has 0 spiro atoms. The minimum Gasteiger partial charge on any atom is -0.444 e. The predicted molar refractivity (Wildman–Crippen MR) is 89.1 cm³/mol. The molecule has 0 aromatic carbocycles. The van der Waals surface area contributed by atoms with Crippen LogP contribution in [0.3, 0.4) is 0 Å². The van der Waals surface area contributed by atoms with E-state index in [-0.39, 0.29) is 12.1 Å². The Balaban J connectivity index is 2.44. The molecule has 0 saturated carbocycles. The molecule has 2 N–H and O–H groups in total. The lowest BCUT2D eigenvalue weighted by molar-refractivity contribution is 0.0519. The average Bonchev–Trinajstić information content (AvgIpc) is 2.62. The zero-order valence-electron chi connectivity index (χ0n) is 14.9. The number of carbonyl (C=O) groups is 1. The summed E-state index contributed by atoms with van der Waals surface area (Å²) >= 11 is 0. The lowest BCUT2D eigenvalue weighted by atomic mass is 10.0. The van der Waals surface area contributed by atoms with Gasteiger partial charge in [-0.2, -0.15) is 0 Å². The molecule has 0 bridgehead atoms. The second-order valence-corrected chi connectivity index (χ2v) is 7.62. The molecule has 5 nitrogen and oxygen atoms in total. The van der Waals surface area contributed by atoms with Crippen molar-refractivity contribution in [1.29, 1.82) is 0 Å². The highest BCUT2D eigenvalue weighted by Crippen LogP contribution is 2.12. The second kappa shape index (κ2) is 9.36. The molecule has 1 saturated heterocycles. The van der Waals surface area contributed by atoms with Crippen LogP contribution in [-0.2, 0) is 9.47 Å². The Hall–Kier alpha value is -0.810. The van der Waals surface area contributed by atoms with Crippen LogP contribution in [0.4, 0.5) is 4.79 Å². The van der Waals surface area contributed by atoms with Crippen molar-refractivity contribution in [2.24, 2.45) is 5.92 Å². The van der Waals surface area contributed by atoms with E-state index in [4.69, 9.17) is 9.47 Å². The molecule has 5 heteroatoms. The van der Waals surface area contributed by atoms with Crippen LogP contribution in [-0.4, -0.2) is 43.5 Å². The van der Waals surface area contributed by atoms with E-state index in [1.54, 1.807) is 0 Å². The van der Waals surface area contributed by atoms with E-state index in [1.807, 2.05) is 20.8 Å². The van der Waals surface area contributed by atoms with Gasteiger partial charge in [-0.3, -0.25) is 0 Å². The van der Waals surface area contributed by atoms with Gasteiger partial charge < -0.3 is 20.1 Å². The molecule has 22 heavy (non-hydrogen) atoms. The molecule has 1 aliphatic rings. The molecular weight excluding hydrogens is 280 g/mol. The summed E-state index contributed by atoms with van der Waals surface area (Å²) in [4.78, 5) is 11.8. The summed E-state index contributed by atoms with van der Waals surface area (Å²) in [6.45, 7) is 12.3. The van der Waals surface area contributed by atoms with Crippen molar-refractivity contribution < 1.29 is 14.3 Å². The number of carbonyl (C=O) groups excluding carboxylic acids is 1. The Bertz CT molecular complexity index is 318. The predicted octanol–water partition coefficient (Wildman–Crippen LogP) is 3.08. The van der Waals surface area contributed by atoms with Crippen LogP contribution in [0.1, 0.15) is 60.3 Å². The summed E-state index contributed by atoms with van der Waals surface area (Å²) in [7, 11) is 0. The van der Waals surface area contributed by atoms with Gasteiger partial charge in [0.1, 0.15) is 5.60 Å². The van der Waals surface area contributed by atoms with E-state index in [9.17, 15) is 4.79 Å². The summed E-state index contributed by atoms with van der Waals surface area (Å²) in [6.07, 6.45) is 3.98. The van der Waals surface area contributed by atoms with Crippen molar-refractivity contribution in [2.75, 3.05) is 19.8 Å². The van der Waals surface area contributed by atoms with Gasteiger partial charge in [0.05, 0.1) is 0 Å². The third kappa shape index (κ3) is 9.26. The second-order valence-electron chi connectivity index (χ2n) is 7.62. The topological polar surface area (TPSA) is 59.6 Å². The van der Waals surface area contributed by atoms with Gasteiger partial charge in [0, 0.05) is 31.8 Å². The van der Waals surface area contributed by atoms with E-state index in [2.05, 4.69) is 24.5 Å². The Kier molecular flexibility index (Phi) is 8.18. The molecule has 0 aliphatic carbocycles. The molecule has 1 rings (SSSR count). The fraction of sp³-hybridized carbons (Fsp3) is 0.941. The van der Waals surface area contributed by atoms with Crippen molar-refractivity contribution in [3.63, 3.8) is 0 Å². The number of alkyl carbamates (subject to hydrolysis) is 1. The molecule has 1 fully saturated rings. The van der Waals surface area contributed by atoms with Gasteiger partial charge in [0.25, 0.3) is 0 Å². The lowest BCUT2D eigenvalue weighted by Gasteiger charge is -2.27. The minimum atomic E-state index is -0.455. The monoisotopic (exact) mass is 314 g/mol. The van der Waals surface area contributed by atoms with Gasteiger partial charge in [-0.05, 0) is 52.4 Å². The quantitative estimate of drug-likeness (QED) is 0.791. The van der Waals surface area contributed by atoms with E-state index < -0.39 is 5.60 Å². The summed E-state index contributed by atoms with van der Waals surface area (Å²) in [5.41, 5.74) is -0.455.